The van der Waals surface area contributed by atoms with Crippen LogP contribution in [0.3, 0.4) is 0 Å². The summed E-state index contributed by atoms with van der Waals surface area (Å²) >= 11 is 0. The lowest BCUT2D eigenvalue weighted by Gasteiger charge is -2.21. The van der Waals surface area contributed by atoms with Gasteiger partial charge in [-0.3, -0.25) is 37.3 Å². The van der Waals surface area contributed by atoms with E-state index in [0.29, 0.717) is 25.7 Å². The molecule has 103 heavy (non-hydrogen) atoms. The van der Waals surface area contributed by atoms with E-state index in [2.05, 4.69) is 41.5 Å². The Labute approximate surface area is 632 Å². The van der Waals surface area contributed by atoms with Crippen molar-refractivity contribution in [3.05, 3.63) is 0 Å². The minimum Gasteiger partial charge on any atom is -0.462 e. The molecule has 0 saturated carbocycles. The van der Waals surface area contributed by atoms with Crippen molar-refractivity contribution >= 4 is 39.5 Å². The van der Waals surface area contributed by atoms with E-state index in [9.17, 15) is 43.2 Å². The molecule has 0 rings (SSSR count). The van der Waals surface area contributed by atoms with Crippen LogP contribution in [0.5, 0.6) is 0 Å². The highest BCUT2D eigenvalue weighted by Crippen LogP contribution is 2.45. The van der Waals surface area contributed by atoms with E-state index >= 15 is 0 Å². The first-order chi connectivity index (χ1) is 49.9. The molecule has 0 amide bonds. The van der Waals surface area contributed by atoms with Crippen molar-refractivity contribution in [1.82, 2.24) is 0 Å². The summed E-state index contributed by atoms with van der Waals surface area (Å²) in [6.45, 7) is 9.65. The molecule has 17 nitrogen and oxygen atoms in total. The summed E-state index contributed by atoms with van der Waals surface area (Å²) in [5.74, 6) is -0.550. The minimum absolute atomic E-state index is 0.106. The van der Waals surface area contributed by atoms with Crippen molar-refractivity contribution in [2.45, 2.75) is 464 Å². The lowest BCUT2D eigenvalue weighted by molar-refractivity contribution is -0.161. The number of carbonyl (C=O) groups is 4. The molecule has 5 atom stereocenters. The fourth-order valence-corrected chi connectivity index (χ4v) is 14.6. The quantitative estimate of drug-likeness (QED) is 0.0222. The molecule has 2 unspecified atom stereocenters. The Morgan fingerprint density at radius 2 is 0.447 bits per heavy atom. The van der Waals surface area contributed by atoms with E-state index in [4.69, 9.17) is 37.0 Å². The second kappa shape index (κ2) is 75.5. The predicted octanol–water partition coefficient (Wildman–Crippen LogP) is 25.5. The van der Waals surface area contributed by atoms with Crippen LogP contribution in [0, 0.1) is 11.8 Å². The molecule has 0 radical (unpaired) electrons. The predicted molar refractivity (Wildman–Crippen MR) is 423 cm³/mol. The van der Waals surface area contributed by atoms with E-state index in [0.717, 1.165) is 102 Å². The van der Waals surface area contributed by atoms with Gasteiger partial charge < -0.3 is 33.8 Å². The topological polar surface area (TPSA) is 237 Å². The average Bonchev–Trinajstić information content (AvgIpc) is 0.912. The Balaban J connectivity index is 5.20. The number of aliphatic hydroxyl groups is 1. The minimum atomic E-state index is -4.96. The number of aliphatic hydroxyl groups excluding tert-OH is 1. The Hall–Kier alpha value is -1.94. The van der Waals surface area contributed by atoms with Gasteiger partial charge in [0.25, 0.3) is 0 Å². The number of ether oxygens (including phenoxy) is 4. The molecular formula is C84H164O17P2. The van der Waals surface area contributed by atoms with Gasteiger partial charge in [0.15, 0.2) is 12.2 Å². The third kappa shape index (κ3) is 78.0. The molecule has 0 aliphatic carbocycles. The fraction of sp³-hybridized carbons (Fsp3) is 0.952. The molecule has 0 aliphatic rings. The standard InChI is InChI=1S/C84H164O17P2/c1-7-9-11-13-15-17-19-20-21-22-23-24-28-31-34-37-43-49-55-61-67-82(87)95-73-79(100-83(88)68-62-56-50-44-38-35-32-29-26-25-27-30-33-36-40-46-52-58-64-76(3)4)74-98-102(90,91)96-70-78(85)71-97-103(92,93)99-75-80(72-94-81(86)66-60-54-48-42-18-16-14-12-10-8-2)101-84(89)69-63-57-51-45-39-41-47-53-59-65-77(5)6/h76-80,85H,7-75H2,1-6H3,(H,90,91)(H,92,93)/t78-,79-,80-/m1/s1. The number of esters is 4. The van der Waals surface area contributed by atoms with Gasteiger partial charge >= 0.3 is 39.5 Å². The van der Waals surface area contributed by atoms with E-state index in [1.165, 1.54) is 263 Å². The van der Waals surface area contributed by atoms with Gasteiger partial charge in [-0.05, 0) is 37.5 Å². The molecule has 0 aliphatic heterocycles. The van der Waals surface area contributed by atoms with Crippen LogP contribution in [-0.4, -0.2) is 96.7 Å². The SMILES string of the molecule is CCCCCCCCCCCCCCCCCCCCCCC(=O)OC[C@H](COP(=O)(O)OC[C@@H](O)COP(=O)(O)OC[C@@H](COC(=O)CCCCCCCCCCCC)OC(=O)CCCCCCCCCCCC(C)C)OC(=O)CCCCCCCCCCCCCCCCCCCCC(C)C. The Morgan fingerprint density at radius 3 is 0.660 bits per heavy atom. The number of carbonyl (C=O) groups excluding carboxylic acids is 4. The Kier molecular flexibility index (Phi) is 74.1. The second-order valence-electron chi connectivity index (χ2n) is 31.2. The molecule has 0 aromatic rings. The van der Waals surface area contributed by atoms with E-state index in [1.54, 1.807) is 0 Å². The molecule has 0 heterocycles. The van der Waals surface area contributed by atoms with E-state index in [1.807, 2.05) is 0 Å². The highest BCUT2D eigenvalue weighted by Gasteiger charge is 2.30. The molecule has 0 spiro atoms. The van der Waals surface area contributed by atoms with Crippen molar-refractivity contribution in [3.8, 4) is 0 Å². The average molecular weight is 1510 g/mol. The summed E-state index contributed by atoms with van der Waals surface area (Å²) in [4.78, 5) is 73.1. The van der Waals surface area contributed by atoms with Crippen LogP contribution < -0.4 is 0 Å². The number of unbranched alkanes of at least 4 members (excludes halogenated alkanes) is 53. The molecule has 3 N–H and O–H groups in total. The van der Waals surface area contributed by atoms with Gasteiger partial charge in [-0.1, -0.05) is 395 Å². The van der Waals surface area contributed by atoms with E-state index in [-0.39, 0.29) is 25.7 Å². The third-order valence-corrected chi connectivity index (χ3v) is 21.6. The summed E-state index contributed by atoms with van der Waals surface area (Å²) in [6.07, 6.45) is 66.8. The molecule has 19 heteroatoms. The van der Waals surface area contributed by atoms with Crippen LogP contribution in [-0.2, 0) is 65.4 Å². The van der Waals surface area contributed by atoms with Crippen LogP contribution in [0.15, 0.2) is 0 Å². The number of hydrogen-bond donors (Lipinski definition) is 3. The van der Waals surface area contributed by atoms with Crippen molar-refractivity contribution in [3.63, 3.8) is 0 Å². The normalized spacial score (nSPS) is 13.9. The molecule has 0 fully saturated rings. The monoisotopic (exact) mass is 1510 g/mol. The maximum atomic E-state index is 13.1. The third-order valence-electron chi connectivity index (χ3n) is 19.7. The summed E-state index contributed by atoms with van der Waals surface area (Å²) in [7, 11) is -9.92. The number of rotatable bonds is 83. The largest absolute Gasteiger partial charge is 0.472 e. The maximum absolute atomic E-state index is 13.1. The first-order valence-electron chi connectivity index (χ1n) is 43.5. The summed E-state index contributed by atoms with van der Waals surface area (Å²) < 4.78 is 68.8. The zero-order valence-corrected chi connectivity index (χ0v) is 69.4. The van der Waals surface area contributed by atoms with Gasteiger partial charge in [0.05, 0.1) is 26.4 Å². The van der Waals surface area contributed by atoms with Crippen molar-refractivity contribution < 1.29 is 80.2 Å². The van der Waals surface area contributed by atoms with Gasteiger partial charge in [-0.2, -0.15) is 0 Å². The zero-order valence-electron chi connectivity index (χ0n) is 67.6. The number of phosphoric ester groups is 2. The van der Waals surface area contributed by atoms with Crippen LogP contribution >= 0.6 is 15.6 Å². The second-order valence-corrected chi connectivity index (χ2v) is 34.1. The van der Waals surface area contributed by atoms with Gasteiger partial charge in [0.2, 0.25) is 0 Å². The zero-order chi connectivity index (χ0) is 75.6. The molecular weight excluding hydrogens is 1340 g/mol. The van der Waals surface area contributed by atoms with Crippen LogP contribution in [0.2, 0.25) is 0 Å². The van der Waals surface area contributed by atoms with Crippen molar-refractivity contribution in [1.29, 1.82) is 0 Å². The molecule has 0 saturated heterocycles. The molecule has 0 aromatic heterocycles. The van der Waals surface area contributed by atoms with E-state index < -0.39 is 97.5 Å². The summed E-state index contributed by atoms with van der Waals surface area (Å²) in [6, 6.07) is 0. The Morgan fingerprint density at radius 1 is 0.262 bits per heavy atom. The first kappa shape index (κ1) is 101. The van der Waals surface area contributed by atoms with Gasteiger partial charge in [0, 0.05) is 25.7 Å². The molecule has 0 aromatic carbocycles. The van der Waals surface area contributed by atoms with Crippen molar-refractivity contribution in [2.24, 2.45) is 11.8 Å². The highest BCUT2D eigenvalue weighted by molar-refractivity contribution is 7.47. The smallest absolute Gasteiger partial charge is 0.462 e. The van der Waals surface area contributed by atoms with Crippen LogP contribution in [0.4, 0.5) is 0 Å². The van der Waals surface area contributed by atoms with Crippen LogP contribution in [0.1, 0.15) is 446 Å². The maximum Gasteiger partial charge on any atom is 0.472 e. The van der Waals surface area contributed by atoms with Crippen LogP contribution in [0.25, 0.3) is 0 Å². The fourth-order valence-electron chi connectivity index (χ4n) is 13.1. The Bertz CT molecular complexity index is 1980. The molecule has 0 bridgehead atoms. The van der Waals surface area contributed by atoms with Gasteiger partial charge in [0.1, 0.15) is 19.3 Å². The van der Waals surface area contributed by atoms with Crippen molar-refractivity contribution in [2.75, 3.05) is 39.6 Å². The number of phosphoric acid groups is 2. The molecule has 612 valence electrons. The number of hydrogen-bond acceptors (Lipinski definition) is 15. The lowest BCUT2D eigenvalue weighted by Crippen LogP contribution is -2.30. The summed E-state index contributed by atoms with van der Waals surface area (Å²) in [5.41, 5.74) is 0. The first-order valence-corrected chi connectivity index (χ1v) is 46.5. The van der Waals surface area contributed by atoms with Gasteiger partial charge in [-0.15, -0.1) is 0 Å². The van der Waals surface area contributed by atoms with Gasteiger partial charge in [-0.25, -0.2) is 9.13 Å². The summed E-state index contributed by atoms with van der Waals surface area (Å²) in [5, 5.41) is 10.7. The lowest BCUT2D eigenvalue weighted by atomic mass is 10.0. The highest BCUT2D eigenvalue weighted by atomic mass is 31.2.